The van der Waals surface area contributed by atoms with Crippen LogP contribution in [0.5, 0.6) is 11.5 Å². The first-order chi connectivity index (χ1) is 13.3. The van der Waals surface area contributed by atoms with Crippen LogP contribution in [-0.4, -0.2) is 13.1 Å². The van der Waals surface area contributed by atoms with Crippen LogP contribution in [0.25, 0.3) is 0 Å². The zero-order valence-corrected chi connectivity index (χ0v) is 17.2. The van der Waals surface area contributed by atoms with Gasteiger partial charge in [0.2, 0.25) is 0 Å². The quantitative estimate of drug-likeness (QED) is 0.582. The first kappa shape index (κ1) is 20.3. The second-order valence-electron chi connectivity index (χ2n) is 7.16. The van der Waals surface area contributed by atoms with Crippen LogP contribution in [-0.2, 0) is 14.9 Å². The molecule has 0 heterocycles. The Labute approximate surface area is 174 Å². The SMILES string of the molecule is COC(=O)C1(c2cccc(Oc3ccccc3)c2)C(C)(C)C1(C#N)C=C(Cl)Cl. The predicted octanol–water partition coefficient (Wildman–Crippen LogP) is 5.76. The van der Waals surface area contributed by atoms with Crippen molar-refractivity contribution >= 4 is 29.2 Å². The number of para-hydroxylation sites is 1. The normalized spacial score (nSPS) is 24.6. The van der Waals surface area contributed by atoms with Crippen LogP contribution < -0.4 is 4.74 Å². The number of hydrogen-bond donors (Lipinski definition) is 0. The van der Waals surface area contributed by atoms with Crippen molar-refractivity contribution in [3.8, 4) is 17.6 Å². The van der Waals surface area contributed by atoms with Gasteiger partial charge in [0.05, 0.1) is 13.2 Å². The number of nitrogens with zero attached hydrogens (tertiary/aromatic N) is 1. The van der Waals surface area contributed by atoms with E-state index >= 15 is 0 Å². The van der Waals surface area contributed by atoms with Gasteiger partial charge in [-0.25, -0.2) is 0 Å². The molecule has 2 aromatic carbocycles. The molecule has 28 heavy (non-hydrogen) atoms. The zero-order valence-electron chi connectivity index (χ0n) is 15.7. The van der Waals surface area contributed by atoms with Crippen LogP contribution in [0.15, 0.2) is 65.2 Å². The van der Waals surface area contributed by atoms with Gasteiger partial charge in [0.15, 0.2) is 0 Å². The van der Waals surface area contributed by atoms with Crippen molar-refractivity contribution in [3.63, 3.8) is 0 Å². The Bertz CT molecular complexity index is 977. The molecule has 0 spiro atoms. The summed E-state index contributed by atoms with van der Waals surface area (Å²) in [6, 6.07) is 18.7. The van der Waals surface area contributed by atoms with E-state index in [9.17, 15) is 10.1 Å². The Morgan fingerprint density at radius 2 is 1.71 bits per heavy atom. The monoisotopic (exact) mass is 415 g/mol. The number of rotatable bonds is 5. The number of allylic oxidation sites excluding steroid dienone is 1. The third-order valence-corrected chi connectivity index (χ3v) is 5.91. The topological polar surface area (TPSA) is 59.3 Å². The molecule has 1 saturated carbocycles. The van der Waals surface area contributed by atoms with Gasteiger partial charge in [0, 0.05) is 5.41 Å². The fourth-order valence-electron chi connectivity index (χ4n) is 4.31. The second kappa shape index (κ2) is 7.16. The number of nitriles is 1. The molecule has 0 radical (unpaired) electrons. The van der Waals surface area contributed by atoms with E-state index in [1.165, 1.54) is 13.2 Å². The largest absolute Gasteiger partial charge is 0.468 e. The number of benzene rings is 2. The highest BCUT2D eigenvalue weighted by Crippen LogP contribution is 2.79. The molecular formula is C22H19Cl2NO3. The van der Waals surface area contributed by atoms with E-state index in [2.05, 4.69) is 6.07 Å². The molecule has 1 aliphatic rings. The lowest BCUT2D eigenvalue weighted by Gasteiger charge is -2.20. The summed E-state index contributed by atoms with van der Waals surface area (Å²) in [7, 11) is 1.30. The number of carbonyl (C=O) groups is 1. The highest BCUT2D eigenvalue weighted by Gasteiger charge is 2.87. The van der Waals surface area contributed by atoms with Crippen LogP contribution >= 0.6 is 23.2 Å². The Hall–Kier alpha value is -2.48. The highest BCUT2D eigenvalue weighted by molar-refractivity contribution is 6.56. The van der Waals surface area contributed by atoms with Crippen LogP contribution in [0.2, 0.25) is 0 Å². The van der Waals surface area contributed by atoms with Crippen LogP contribution in [0.1, 0.15) is 19.4 Å². The lowest BCUT2D eigenvalue weighted by atomic mass is 9.85. The number of ether oxygens (including phenoxy) is 2. The van der Waals surface area contributed by atoms with Gasteiger partial charge >= 0.3 is 5.97 Å². The van der Waals surface area contributed by atoms with Gasteiger partial charge in [0.25, 0.3) is 0 Å². The van der Waals surface area contributed by atoms with Crippen molar-refractivity contribution in [2.75, 3.05) is 7.11 Å². The maximum atomic E-state index is 13.0. The molecule has 0 amide bonds. The van der Waals surface area contributed by atoms with E-state index < -0.39 is 22.2 Å². The molecule has 4 nitrogen and oxygen atoms in total. The van der Waals surface area contributed by atoms with Crippen molar-refractivity contribution in [1.82, 2.24) is 0 Å². The molecule has 1 aliphatic carbocycles. The van der Waals surface area contributed by atoms with Gasteiger partial charge in [-0.3, -0.25) is 4.79 Å². The van der Waals surface area contributed by atoms with E-state index in [1.807, 2.05) is 44.2 Å². The summed E-state index contributed by atoms with van der Waals surface area (Å²) in [6.45, 7) is 3.65. The fourth-order valence-corrected chi connectivity index (χ4v) is 4.64. The summed E-state index contributed by atoms with van der Waals surface area (Å²) in [4.78, 5) is 13.0. The van der Waals surface area contributed by atoms with Crippen molar-refractivity contribution < 1.29 is 14.3 Å². The Kier molecular flexibility index (Phi) is 5.18. The maximum absolute atomic E-state index is 13.0. The van der Waals surface area contributed by atoms with Gasteiger partial charge in [-0.15, -0.1) is 0 Å². The average Bonchev–Trinajstić information content (AvgIpc) is 3.11. The molecule has 1 fully saturated rings. The summed E-state index contributed by atoms with van der Waals surface area (Å²) < 4.78 is 10.9. The number of hydrogen-bond acceptors (Lipinski definition) is 4. The molecule has 2 atom stereocenters. The molecule has 0 N–H and O–H groups in total. The highest BCUT2D eigenvalue weighted by atomic mass is 35.5. The molecule has 0 aliphatic heterocycles. The van der Waals surface area contributed by atoms with Gasteiger partial charge < -0.3 is 9.47 Å². The molecule has 0 bridgehead atoms. The standard InChI is InChI=1S/C22H19Cl2NO3/c1-20(2)21(14-25,13-18(23)24)22(20,19(26)27-3)15-8-7-11-17(12-15)28-16-9-5-4-6-10-16/h4-13H,1-3H3. The number of methoxy groups -OCH3 is 1. The number of carbonyl (C=O) groups excluding carboxylic acids is 1. The van der Waals surface area contributed by atoms with E-state index in [0.717, 1.165) is 0 Å². The first-order valence-corrected chi connectivity index (χ1v) is 9.39. The lowest BCUT2D eigenvalue weighted by Crippen LogP contribution is -2.30. The molecule has 6 heteroatoms. The average molecular weight is 416 g/mol. The minimum Gasteiger partial charge on any atom is -0.468 e. The van der Waals surface area contributed by atoms with Gasteiger partial charge in [-0.2, -0.15) is 5.26 Å². The maximum Gasteiger partial charge on any atom is 0.318 e. The Balaban J connectivity index is 2.15. The molecule has 3 rings (SSSR count). The van der Waals surface area contributed by atoms with E-state index in [0.29, 0.717) is 17.1 Å². The van der Waals surface area contributed by atoms with Crippen LogP contribution in [0.4, 0.5) is 0 Å². The fraction of sp³-hybridized carbons (Fsp3) is 0.273. The number of esters is 1. The van der Waals surface area contributed by atoms with Crippen LogP contribution in [0.3, 0.4) is 0 Å². The molecule has 144 valence electrons. The number of halogens is 2. The molecule has 0 saturated heterocycles. The van der Waals surface area contributed by atoms with E-state index in [-0.39, 0.29) is 4.49 Å². The second-order valence-corrected chi connectivity index (χ2v) is 8.17. The van der Waals surface area contributed by atoms with Crippen molar-refractivity contribution in [2.45, 2.75) is 19.3 Å². The summed E-state index contributed by atoms with van der Waals surface area (Å²) in [6.07, 6.45) is 1.43. The molecule has 0 aromatic heterocycles. The van der Waals surface area contributed by atoms with Gasteiger partial charge in [-0.1, -0.05) is 67.4 Å². The summed E-state index contributed by atoms with van der Waals surface area (Å²) >= 11 is 11.8. The summed E-state index contributed by atoms with van der Waals surface area (Å²) in [5.41, 5.74) is -2.72. The smallest absolute Gasteiger partial charge is 0.318 e. The van der Waals surface area contributed by atoms with Crippen molar-refractivity contribution in [3.05, 3.63) is 70.7 Å². The van der Waals surface area contributed by atoms with Crippen molar-refractivity contribution in [2.24, 2.45) is 10.8 Å². The summed E-state index contributed by atoms with van der Waals surface area (Å²) in [5.74, 6) is 0.682. The summed E-state index contributed by atoms with van der Waals surface area (Å²) in [5, 5.41) is 10.0. The molecule has 2 aromatic rings. The zero-order chi connectivity index (χ0) is 20.6. The first-order valence-electron chi connectivity index (χ1n) is 8.64. The Morgan fingerprint density at radius 1 is 1.07 bits per heavy atom. The third kappa shape index (κ3) is 2.70. The van der Waals surface area contributed by atoms with Crippen molar-refractivity contribution in [1.29, 1.82) is 5.26 Å². The lowest BCUT2D eigenvalue weighted by molar-refractivity contribution is -0.145. The van der Waals surface area contributed by atoms with E-state index in [1.54, 1.807) is 24.3 Å². The van der Waals surface area contributed by atoms with E-state index in [4.69, 9.17) is 32.7 Å². The minimum absolute atomic E-state index is 0.0721. The third-order valence-electron chi connectivity index (χ3n) is 5.69. The minimum atomic E-state index is -1.27. The predicted molar refractivity (Wildman–Crippen MR) is 108 cm³/mol. The molecule has 2 unspecified atom stereocenters. The van der Waals surface area contributed by atoms with Crippen LogP contribution in [0, 0.1) is 22.2 Å². The van der Waals surface area contributed by atoms with Gasteiger partial charge in [0.1, 0.15) is 26.8 Å². The van der Waals surface area contributed by atoms with Gasteiger partial charge in [-0.05, 0) is 35.9 Å². The Morgan fingerprint density at radius 3 is 2.29 bits per heavy atom. The molecular weight excluding hydrogens is 397 g/mol.